The molecule has 1 unspecified atom stereocenters. The number of fused-ring (bicyclic) bond motifs is 1. The van der Waals surface area contributed by atoms with E-state index in [0.717, 1.165) is 17.9 Å². The molecule has 1 aliphatic rings. The van der Waals surface area contributed by atoms with Crippen LogP contribution in [0.25, 0.3) is 0 Å². The van der Waals surface area contributed by atoms with Gasteiger partial charge in [0.1, 0.15) is 11.5 Å². The van der Waals surface area contributed by atoms with Gasteiger partial charge in [0, 0.05) is 23.6 Å². The SMILES string of the molecule is CS(=O)(=O)c1ccc(CO)c(O)c1.CS(=O)(=O)c1ccc2c(c1)OC(CBr)OC2. The number of hydrogen-bond donors (Lipinski definition) is 2. The lowest BCUT2D eigenvalue weighted by Crippen LogP contribution is -2.26. The fourth-order valence-electron chi connectivity index (χ4n) is 2.34. The molecule has 160 valence electrons. The predicted octanol–water partition coefficient (Wildman–Crippen LogP) is 2.01. The number of ether oxygens (including phenoxy) is 2. The molecule has 0 aromatic heterocycles. The maximum Gasteiger partial charge on any atom is 0.209 e. The van der Waals surface area contributed by atoms with E-state index in [1.807, 2.05) is 0 Å². The van der Waals surface area contributed by atoms with Crippen molar-refractivity contribution in [1.29, 1.82) is 0 Å². The molecule has 29 heavy (non-hydrogen) atoms. The summed E-state index contributed by atoms with van der Waals surface area (Å²) >= 11 is 3.25. The van der Waals surface area contributed by atoms with Crippen molar-refractivity contribution in [3.8, 4) is 11.5 Å². The number of alkyl halides is 1. The first-order valence-electron chi connectivity index (χ1n) is 8.25. The van der Waals surface area contributed by atoms with Gasteiger partial charge in [0.15, 0.2) is 19.7 Å². The lowest BCUT2D eigenvalue weighted by molar-refractivity contribution is -0.0905. The van der Waals surface area contributed by atoms with Gasteiger partial charge in [-0.1, -0.05) is 28.1 Å². The van der Waals surface area contributed by atoms with Crippen LogP contribution in [0.15, 0.2) is 46.2 Å². The molecule has 1 heterocycles. The van der Waals surface area contributed by atoms with Gasteiger partial charge in [-0.15, -0.1) is 0 Å². The number of sulfone groups is 2. The predicted molar refractivity (Wildman–Crippen MR) is 110 cm³/mol. The van der Waals surface area contributed by atoms with Gasteiger partial charge in [0.25, 0.3) is 0 Å². The highest BCUT2D eigenvalue weighted by Gasteiger charge is 2.21. The van der Waals surface area contributed by atoms with Crippen molar-refractivity contribution in [2.45, 2.75) is 29.3 Å². The molecule has 2 N–H and O–H groups in total. The van der Waals surface area contributed by atoms with Crippen molar-refractivity contribution in [2.75, 3.05) is 17.8 Å². The average molecular weight is 509 g/mol. The van der Waals surface area contributed by atoms with Crippen LogP contribution in [0.3, 0.4) is 0 Å². The molecular formula is C18H21BrO8S2. The van der Waals surface area contributed by atoms with Crippen LogP contribution in [-0.4, -0.2) is 51.2 Å². The molecule has 0 spiro atoms. The van der Waals surface area contributed by atoms with Gasteiger partial charge >= 0.3 is 0 Å². The zero-order valence-electron chi connectivity index (χ0n) is 15.7. The van der Waals surface area contributed by atoms with E-state index in [4.69, 9.17) is 14.6 Å². The molecule has 1 aliphatic heterocycles. The number of hydrogen-bond acceptors (Lipinski definition) is 8. The average Bonchev–Trinajstić information content (AvgIpc) is 2.66. The first-order chi connectivity index (χ1) is 13.5. The Hall–Kier alpha value is -1.66. The van der Waals surface area contributed by atoms with Crippen molar-refractivity contribution in [3.05, 3.63) is 47.5 Å². The van der Waals surface area contributed by atoms with E-state index in [9.17, 15) is 21.9 Å². The largest absolute Gasteiger partial charge is 0.508 e. The normalized spacial score (nSPS) is 16.2. The first-order valence-corrected chi connectivity index (χ1v) is 13.2. The summed E-state index contributed by atoms with van der Waals surface area (Å²) < 4.78 is 55.6. The summed E-state index contributed by atoms with van der Waals surface area (Å²) in [4.78, 5) is 0.309. The van der Waals surface area contributed by atoms with E-state index in [1.54, 1.807) is 18.2 Å². The smallest absolute Gasteiger partial charge is 0.209 e. The molecule has 0 radical (unpaired) electrons. The van der Waals surface area contributed by atoms with Gasteiger partial charge in [0.05, 0.1) is 28.3 Å². The van der Waals surface area contributed by atoms with Gasteiger partial charge in [-0.2, -0.15) is 0 Å². The van der Waals surface area contributed by atoms with E-state index in [1.165, 1.54) is 18.4 Å². The van der Waals surface area contributed by atoms with E-state index in [0.29, 0.717) is 23.2 Å². The van der Waals surface area contributed by atoms with E-state index < -0.39 is 19.7 Å². The van der Waals surface area contributed by atoms with E-state index >= 15 is 0 Å². The van der Waals surface area contributed by atoms with Crippen molar-refractivity contribution < 1.29 is 36.5 Å². The minimum Gasteiger partial charge on any atom is -0.508 e. The number of phenols is 1. The lowest BCUT2D eigenvalue weighted by Gasteiger charge is -2.25. The van der Waals surface area contributed by atoms with Crippen LogP contribution in [-0.2, 0) is 37.6 Å². The molecule has 0 amide bonds. The highest BCUT2D eigenvalue weighted by Crippen LogP contribution is 2.29. The highest BCUT2D eigenvalue weighted by atomic mass is 79.9. The summed E-state index contributed by atoms with van der Waals surface area (Å²) in [6.45, 7) is 0.130. The molecule has 1 atom stereocenters. The molecule has 8 nitrogen and oxygen atoms in total. The standard InChI is InChI=1S/C10H11BrO4S.C8H10O4S/c1-16(12,13)8-3-2-7-6-14-10(5-11)15-9(7)4-8;1-13(11,12)7-3-2-6(5-9)8(10)4-7/h2-4,10H,5-6H2,1H3;2-4,9-10H,5H2,1H3. The Morgan fingerprint density at radius 3 is 2.14 bits per heavy atom. The van der Waals surface area contributed by atoms with Crippen LogP contribution in [0.1, 0.15) is 11.1 Å². The monoisotopic (exact) mass is 508 g/mol. The number of halogens is 1. The molecule has 11 heteroatoms. The third-order valence-electron chi connectivity index (χ3n) is 3.93. The second kappa shape index (κ2) is 9.43. The molecule has 2 aromatic rings. The number of aromatic hydroxyl groups is 1. The Balaban J connectivity index is 0.000000212. The van der Waals surface area contributed by atoms with Gasteiger partial charge in [-0.25, -0.2) is 16.8 Å². The van der Waals surface area contributed by atoms with Crippen molar-refractivity contribution >= 4 is 35.6 Å². The zero-order valence-corrected chi connectivity index (χ0v) is 18.9. The number of aliphatic hydroxyl groups excluding tert-OH is 1. The fourth-order valence-corrected chi connectivity index (χ4v) is 3.93. The van der Waals surface area contributed by atoms with Gasteiger partial charge in [-0.3, -0.25) is 0 Å². The Kier molecular flexibility index (Phi) is 7.68. The third-order valence-corrected chi connectivity index (χ3v) is 6.68. The second-order valence-electron chi connectivity index (χ2n) is 6.28. The van der Waals surface area contributed by atoms with E-state index in [2.05, 4.69) is 15.9 Å². The fraction of sp³-hybridized carbons (Fsp3) is 0.333. The van der Waals surface area contributed by atoms with Crippen molar-refractivity contribution in [3.63, 3.8) is 0 Å². The first kappa shape index (κ1) is 23.6. The number of benzene rings is 2. The van der Waals surface area contributed by atoms with Crippen molar-refractivity contribution in [1.82, 2.24) is 0 Å². The highest BCUT2D eigenvalue weighted by molar-refractivity contribution is 9.09. The Labute approximate surface area is 178 Å². The lowest BCUT2D eigenvalue weighted by atomic mass is 10.2. The molecule has 0 saturated carbocycles. The van der Waals surface area contributed by atoms with Crippen LogP contribution in [0.5, 0.6) is 11.5 Å². The van der Waals surface area contributed by atoms with Crippen LogP contribution in [0.4, 0.5) is 0 Å². The van der Waals surface area contributed by atoms with Gasteiger partial charge in [0.2, 0.25) is 6.29 Å². The van der Waals surface area contributed by atoms with Crippen LogP contribution < -0.4 is 4.74 Å². The van der Waals surface area contributed by atoms with Crippen LogP contribution in [0.2, 0.25) is 0 Å². The maximum absolute atomic E-state index is 11.4. The minimum atomic E-state index is -3.29. The summed E-state index contributed by atoms with van der Waals surface area (Å²) in [6, 6.07) is 8.68. The van der Waals surface area contributed by atoms with Crippen molar-refractivity contribution in [2.24, 2.45) is 0 Å². The summed E-state index contributed by atoms with van der Waals surface area (Å²) in [7, 11) is -6.48. The minimum absolute atomic E-state index is 0.0437. The maximum atomic E-state index is 11.4. The zero-order chi connectivity index (χ0) is 21.8. The summed E-state index contributed by atoms with van der Waals surface area (Å²) in [5, 5.41) is 18.5. The molecule has 0 aliphatic carbocycles. The molecule has 2 aromatic carbocycles. The molecular weight excluding hydrogens is 488 g/mol. The van der Waals surface area contributed by atoms with E-state index in [-0.39, 0.29) is 28.4 Å². The Bertz CT molecular complexity index is 1080. The summed E-state index contributed by atoms with van der Waals surface area (Å²) in [5.74, 6) is 0.379. The van der Waals surface area contributed by atoms with Gasteiger partial charge < -0.3 is 19.7 Å². The quantitative estimate of drug-likeness (QED) is 0.600. The van der Waals surface area contributed by atoms with Crippen LogP contribution >= 0.6 is 15.9 Å². The number of rotatable bonds is 4. The summed E-state index contributed by atoms with van der Waals surface area (Å²) in [5.41, 5.74) is 1.18. The number of aliphatic hydroxyl groups is 1. The topological polar surface area (TPSA) is 127 Å². The molecule has 0 saturated heterocycles. The summed E-state index contributed by atoms with van der Waals surface area (Å²) in [6.07, 6.45) is 1.87. The van der Waals surface area contributed by atoms with Crippen LogP contribution in [0, 0.1) is 0 Å². The Morgan fingerprint density at radius 2 is 1.62 bits per heavy atom. The second-order valence-corrected chi connectivity index (χ2v) is 11.0. The molecule has 3 rings (SSSR count). The molecule has 0 fully saturated rings. The third kappa shape index (κ3) is 6.41. The Morgan fingerprint density at radius 1 is 1.03 bits per heavy atom. The molecule has 0 bridgehead atoms. The van der Waals surface area contributed by atoms with Gasteiger partial charge in [-0.05, 0) is 24.3 Å².